The van der Waals surface area contributed by atoms with Gasteiger partial charge in [0.2, 0.25) is 0 Å². The van der Waals surface area contributed by atoms with Crippen molar-refractivity contribution in [3.05, 3.63) is 133 Å². The van der Waals surface area contributed by atoms with Crippen molar-refractivity contribution in [3.8, 4) is 33.4 Å². The molecule has 1 aliphatic rings. The molecular formula is C41H34N2. The van der Waals surface area contributed by atoms with E-state index in [9.17, 15) is 0 Å². The molecule has 1 aliphatic carbocycles. The van der Waals surface area contributed by atoms with Crippen LogP contribution < -0.4 is 0 Å². The number of aryl methyl sites for hydroxylation is 1. The maximum atomic E-state index is 5.35. The molecule has 2 heteroatoms. The van der Waals surface area contributed by atoms with Crippen LogP contribution in [0.5, 0.6) is 0 Å². The summed E-state index contributed by atoms with van der Waals surface area (Å²) in [6.45, 7) is 2.07. The summed E-state index contributed by atoms with van der Waals surface area (Å²) in [5.41, 5.74) is 11.8. The average molecular weight is 555 g/mol. The van der Waals surface area contributed by atoms with Gasteiger partial charge >= 0.3 is 0 Å². The number of rotatable bonds is 4. The highest BCUT2D eigenvalue weighted by molar-refractivity contribution is 6.09. The van der Waals surface area contributed by atoms with Crippen molar-refractivity contribution in [3.63, 3.8) is 0 Å². The van der Waals surface area contributed by atoms with Gasteiger partial charge in [0.25, 0.3) is 0 Å². The minimum atomic E-state index is 0.509. The van der Waals surface area contributed by atoms with E-state index in [1.807, 2.05) is 0 Å². The van der Waals surface area contributed by atoms with Crippen molar-refractivity contribution < 1.29 is 0 Å². The Hall–Kier alpha value is -4.82. The van der Waals surface area contributed by atoms with E-state index in [-0.39, 0.29) is 0 Å². The van der Waals surface area contributed by atoms with Crippen molar-refractivity contribution in [1.82, 2.24) is 9.97 Å². The van der Waals surface area contributed by atoms with Crippen LogP contribution in [0.15, 0.2) is 121 Å². The minimum Gasteiger partial charge on any atom is -0.251 e. The van der Waals surface area contributed by atoms with Crippen molar-refractivity contribution in [2.75, 3.05) is 0 Å². The van der Waals surface area contributed by atoms with E-state index in [0.717, 1.165) is 22.1 Å². The number of nitrogens with zero attached hydrogens (tertiary/aromatic N) is 2. The molecule has 1 fully saturated rings. The highest BCUT2D eigenvalue weighted by atomic mass is 14.8. The molecule has 0 aliphatic heterocycles. The highest BCUT2D eigenvalue weighted by Gasteiger charge is 2.21. The third kappa shape index (κ3) is 4.68. The van der Waals surface area contributed by atoms with Crippen molar-refractivity contribution >= 4 is 32.6 Å². The van der Waals surface area contributed by atoms with Crippen LogP contribution in [0.1, 0.15) is 49.4 Å². The van der Waals surface area contributed by atoms with Gasteiger partial charge in [0, 0.05) is 28.1 Å². The van der Waals surface area contributed by atoms with Crippen LogP contribution in [0, 0.1) is 6.92 Å². The molecule has 0 radical (unpaired) electrons. The van der Waals surface area contributed by atoms with Crippen molar-refractivity contribution in [2.45, 2.75) is 44.9 Å². The van der Waals surface area contributed by atoms with Gasteiger partial charge in [-0.05, 0) is 82.1 Å². The maximum Gasteiger partial charge on any atom is 0.0974 e. The van der Waals surface area contributed by atoms with Crippen LogP contribution in [0.2, 0.25) is 0 Å². The minimum absolute atomic E-state index is 0.509. The predicted molar refractivity (Wildman–Crippen MR) is 181 cm³/mol. The van der Waals surface area contributed by atoms with Crippen LogP contribution >= 0.6 is 0 Å². The molecule has 0 saturated heterocycles. The molecule has 0 bridgehead atoms. The Bertz CT molecular complexity index is 2120. The molecule has 0 N–H and O–H groups in total. The number of pyridine rings is 2. The van der Waals surface area contributed by atoms with Crippen molar-refractivity contribution in [1.29, 1.82) is 0 Å². The Balaban J connectivity index is 1.33. The van der Waals surface area contributed by atoms with Crippen LogP contribution in [0.3, 0.4) is 0 Å². The van der Waals surface area contributed by atoms with E-state index >= 15 is 0 Å². The lowest BCUT2D eigenvalue weighted by Gasteiger charge is -2.23. The standard InChI is InChI=1S/C41H34N2/c1-27-19-20-30-21-22-37-38(26-39(29-13-6-3-7-14-29)43-41(37)40(30)42-27)32-16-10-15-31(25-32)34-24-23-33(28-11-4-2-5-12-28)35-17-8-9-18-36(34)35/h2,4-5,8-12,15-26,29H,3,6-7,13-14H2,1H3. The number of aromatic nitrogens is 2. The topological polar surface area (TPSA) is 25.8 Å². The SMILES string of the molecule is Cc1ccc2ccc3c(-c4cccc(-c5ccc(-c6ccccc6)c6ccccc56)c4)cc(C4CCCCC4)nc3c2n1. The monoisotopic (exact) mass is 554 g/mol. The Morgan fingerprint density at radius 3 is 1.91 bits per heavy atom. The van der Waals surface area contributed by atoms with Gasteiger partial charge in [-0.3, -0.25) is 9.97 Å². The molecule has 2 nitrogen and oxygen atoms in total. The summed E-state index contributed by atoms with van der Waals surface area (Å²) in [6, 6.07) is 44.3. The lowest BCUT2D eigenvalue weighted by Crippen LogP contribution is -2.07. The lowest BCUT2D eigenvalue weighted by molar-refractivity contribution is 0.437. The molecule has 2 aromatic heterocycles. The first-order chi connectivity index (χ1) is 21.2. The molecule has 5 aromatic carbocycles. The van der Waals surface area contributed by atoms with Gasteiger partial charge < -0.3 is 0 Å². The van der Waals surface area contributed by atoms with Gasteiger partial charge in [-0.1, -0.05) is 122 Å². The van der Waals surface area contributed by atoms with Gasteiger partial charge in [-0.2, -0.15) is 0 Å². The average Bonchev–Trinajstić information content (AvgIpc) is 3.08. The first kappa shape index (κ1) is 25.9. The number of hydrogen-bond acceptors (Lipinski definition) is 2. The molecule has 43 heavy (non-hydrogen) atoms. The number of fused-ring (bicyclic) bond motifs is 4. The summed E-state index contributed by atoms with van der Waals surface area (Å²) in [6.07, 6.45) is 6.34. The summed E-state index contributed by atoms with van der Waals surface area (Å²) in [5.74, 6) is 0.509. The summed E-state index contributed by atoms with van der Waals surface area (Å²) in [4.78, 5) is 10.3. The Kier molecular flexibility index (Phi) is 6.48. The van der Waals surface area contributed by atoms with Crippen LogP contribution in [0.25, 0.3) is 66.0 Å². The summed E-state index contributed by atoms with van der Waals surface area (Å²) >= 11 is 0. The highest BCUT2D eigenvalue weighted by Crippen LogP contribution is 2.40. The molecule has 0 atom stereocenters. The van der Waals surface area contributed by atoms with Crippen molar-refractivity contribution in [2.24, 2.45) is 0 Å². The van der Waals surface area contributed by atoms with Gasteiger partial charge in [-0.15, -0.1) is 0 Å². The van der Waals surface area contributed by atoms with Gasteiger partial charge in [0.05, 0.1) is 11.0 Å². The summed E-state index contributed by atoms with van der Waals surface area (Å²) in [5, 5.41) is 4.87. The largest absolute Gasteiger partial charge is 0.251 e. The quantitative estimate of drug-likeness (QED) is 0.202. The number of benzene rings is 5. The molecule has 0 spiro atoms. The van der Waals surface area contributed by atoms with E-state index in [2.05, 4.69) is 128 Å². The smallest absolute Gasteiger partial charge is 0.0974 e. The first-order valence-corrected chi connectivity index (χ1v) is 15.6. The third-order valence-corrected chi connectivity index (χ3v) is 9.31. The fourth-order valence-electron chi connectivity index (χ4n) is 7.11. The predicted octanol–water partition coefficient (Wildman–Crippen LogP) is 11.3. The third-order valence-electron chi connectivity index (χ3n) is 9.31. The van der Waals surface area contributed by atoms with E-state index < -0.39 is 0 Å². The molecule has 208 valence electrons. The van der Waals surface area contributed by atoms with E-state index in [1.54, 1.807) is 0 Å². The lowest BCUT2D eigenvalue weighted by atomic mass is 9.85. The first-order valence-electron chi connectivity index (χ1n) is 15.6. The molecular weight excluding hydrogens is 520 g/mol. The molecule has 0 unspecified atom stereocenters. The second kappa shape index (κ2) is 10.8. The molecule has 8 rings (SSSR count). The van der Waals surface area contributed by atoms with E-state index in [1.165, 1.54) is 87.3 Å². The zero-order valence-electron chi connectivity index (χ0n) is 24.6. The normalized spacial score (nSPS) is 14.1. The van der Waals surface area contributed by atoms with Gasteiger partial charge in [0.1, 0.15) is 0 Å². The van der Waals surface area contributed by atoms with E-state index in [0.29, 0.717) is 5.92 Å². The van der Waals surface area contributed by atoms with Crippen LogP contribution in [-0.4, -0.2) is 9.97 Å². The second-order valence-corrected chi connectivity index (χ2v) is 12.1. The summed E-state index contributed by atoms with van der Waals surface area (Å²) < 4.78 is 0. The molecule has 7 aromatic rings. The van der Waals surface area contributed by atoms with Gasteiger partial charge in [0.15, 0.2) is 0 Å². The van der Waals surface area contributed by atoms with Crippen LogP contribution in [-0.2, 0) is 0 Å². The molecule has 2 heterocycles. The number of hydrogen-bond donors (Lipinski definition) is 0. The maximum absolute atomic E-state index is 5.35. The Morgan fingerprint density at radius 1 is 0.488 bits per heavy atom. The Morgan fingerprint density at radius 2 is 1.14 bits per heavy atom. The fraction of sp³-hybridized carbons (Fsp3) is 0.171. The summed E-state index contributed by atoms with van der Waals surface area (Å²) in [7, 11) is 0. The fourth-order valence-corrected chi connectivity index (χ4v) is 7.11. The zero-order chi connectivity index (χ0) is 28.8. The van der Waals surface area contributed by atoms with Gasteiger partial charge in [-0.25, -0.2) is 0 Å². The molecule has 0 amide bonds. The van der Waals surface area contributed by atoms with E-state index in [4.69, 9.17) is 9.97 Å². The van der Waals surface area contributed by atoms with Crippen LogP contribution in [0.4, 0.5) is 0 Å². The zero-order valence-corrected chi connectivity index (χ0v) is 24.6. The Labute approximate surface area is 253 Å². The second-order valence-electron chi connectivity index (χ2n) is 12.1. The molecule has 1 saturated carbocycles.